The van der Waals surface area contributed by atoms with Crippen molar-refractivity contribution >= 4 is 39.1 Å². The van der Waals surface area contributed by atoms with E-state index in [2.05, 4.69) is 4.99 Å². The van der Waals surface area contributed by atoms with Gasteiger partial charge in [-0.3, -0.25) is 4.79 Å². The van der Waals surface area contributed by atoms with E-state index in [-0.39, 0.29) is 5.12 Å². The van der Waals surface area contributed by atoms with Crippen molar-refractivity contribution in [1.29, 1.82) is 0 Å². The van der Waals surface area contributed by atoms with Gasteiger partial charge in [0.05, 0.1) is 26.9 Å². The highest BCUT2D eigenvalue weighted by Gasteiger charge is 2.23. The van der Waals surface area contributed by atoms with E-state index in [1.807, 2.05) is 6.26 Å². The SMILES string of the molecule is COc1cc(OC)c(/C=C2/N=C(SC)SC2=O)c(OC)c1. The van der Waals surface area contributed by atoms with E-state index in [4.69, 9.17) is 14.2 Å². The Hall–Kier alpha value is -1.60. The minimum absolute atomic E-state index is 0.0840. The zero-order valence-corrected chi connectivity index (χ0v) is 13.8. The van der Waals surface area contributed by atoms with Crippen LogP contribution in [0.5, 0.6) is 17.2 Å². The summed E-state index contributed by atoms with van der Waals surface area (Å²) >= 11 is 2.57. The molecule has 21 heavy (non-hydrogen) atoms. The van der Waals surface area contributed by atoms with Crippen LogP contribution in [0.2, 0.25) is 0 Å². The maximum atomic E-state index is 11.9. The standard InChI is InChI=1S/C14H15NO4S2/c1-17-8-5-11(18-2)9(12(6-8)19-3)7-10-13(16)21-14(15-10)20-4/h5-7H,1-4H3/b10-7+. The molecule has 0 bridgehead atoms. The summed E-state index contributed by atoms with van der Waals surface area (Å²) in [5, 5.41) is -0.0840. The quantitative estimate of drug-likeness (QED) is 0.793. The largest absolute Gasteiger partial charge is 0.496 e. The number of carbonyl (C=O) groups excluding carboxylic acids is 1. The van der Waals surface area contributed by atoms with Gasteiger partial charge < -0.3 is 14.2 Å². The topological polar surface area (TPSA) is 57.1 Å². The molecule has 7 heteroatoms. The van der Waals surface area contributed by atoms with Crippen molar-refractivity contribution in [2.75, 3.05) is 27.6 Å². The molecule has 0 amide bonds. The Morgan fingerprint density at radius 2 is 1.76 bits per heavy atom. The van der Waals surface area contributed by atoms with Gasteiger partial charge in [0.1, 0.15) is 27.3 Å². The second kappa shape index (κ2) is 6.91. The van der Waals surface area contributed by atoms with Crippen LogP contribution in [0.25, 0.3) is 6.08 Å². The van der Waals surface area contributed by atoms with Crippen LogP contribution in [0.3, 0.4) is 0 Å². The molecule has 1 aliphatic heterocycles. The number of methoxy groups -OCH3 is 3. The first kappa shape index (κ1) is 15.8. The van der Waals surface area contributed by atoms with Gasteiger partial charge in [-0.25, -0.2) is 4.99 Å². The van der Waals surface area contributed by atoms with Gasteiger partial charge >= 0.3 is 0 Å². The van der Waals surface area contributed by atoms with Crippen LogP contribution in [0.1, 0.15) is 5.56 Å². The molecule has 0 aromatic heterocycles. The third kappa shape index (κ3) is 3.36. The number of rotatable bonds is 4. The third-order valence-electron chi connectivity index (χ3n) is 2.81. The lowest BCUT2D eigenvalue weighted by Gasteiger charge is -2.12. The van der Waals surface area contributed by atoms with Gasteiger partial charge in [-0.1, -0.05) is 0 Å². The molecule has 1 heterocycles. The van der Waals surface area contributed by atoms with E-state index < -0.39 is 0 Å². The molecular weight excluding hydrogens is 310 g/mol. The average molecular weight is 325 g/mol. The van der Waals surface area contributed by atoms with Crippen molar-refractivity contribution in [3.8, 4) is 17.2 Å². The van der Waals surface area contributed by atoms with Crippen LogP contribution in [-0.2, 0) is 4.79 Å². The zero-order chi connectivity index (χ0) is 15.4. The molecule has 1 aromatic rings. The summed E-state index contributed by atoms with van der Waals surface area (Å²) in [6.07, 6.45) is 3.56. The summed E-state index contributed by atoms with van der Waals surface area (Å²) < 4.78 is 16.6. The van der Waals surface area contributed by atoms with Crippen molar-refractivity contribution in [3.63, 3.8) is 0 Å². The monoisotopic (exact) mass is 325 g/mol. The minimum atomic E-state index is -0.0840. The molecule has 0 N–H and O–H groups in total. The van der Waals surface area contributed by atoms with Crippen molar-refractivity contribution in [1.82, 2.24) is 0 Å². The van der Waals surface area contributed by atoms with E-state index in [0.29, 0.717) is 28.5 Å². The Bertz CT molecular complexity index is 600. The Balaban J connectivity index is 2.53. The fourth-order valence-corrected chi connectivity index (χ4v) is 3.05. The Morgan fingerprint density at radius 1 is 1.14 bits per heavy atom. The number of ether oxygens (including phenoxy) is 3. The maximum Gasteiger partial charge on any atom is 0.244 e. The summed E-state index contributed by atoms with van der Waals surface area (Å²) in [7, 11) is 4.68. The molecule has 0 fully saturated rings. The predicted molar refractivity (Wildman–Crippen MR) is 87.6 cm³/mol. The van der Waals surface area contributed by atoms with Gasteiger partial charge in [0.15, 0.2) is 0 Å². The molecule has 0 atom stereocenters. The lowest BCUT2D eigenvalue weighted by Crippen LogP contribution is -1.96. The Labute approximate surface area is 131 Å². The highest BCUT2D eigenvalue weighted by molar-refractivity contribution is 8.45. The molecule has 0 saturated carbocycles. The Kier molecular flexibility index (Phi) is 5.19. The molecule has 0 radical (unpaired) electrons. The van der Waals surface area contributed by atoms with E-state index >= 15 is 0 Å². The molecule has 112 valence electrons. The van der Waals surface area contributed by atoms with Crippen LogP contribution < -0.4 is 14.2 Å². The molecule has 0 spiro atoms. The molecule has 1 aromatic carbocycles. The lowest BCUT2D eigenvalue weighted by atomic mass is 10.1. The molecular formula is C14H15NO4S2. The first-order valence-electron chi connectivity index (χ1n) is 5.99. The van der Waals surface area contributed by atoms with Gasteiger partial charge in [-0.15, -0.1) is 11.8 Å². The van der Waals surface area contributed by atoms with Gasteiger partial charge in [-0.2, -0.15) is 0 Å². The number of nitrogens with zero attached hydrogens (tertiary/aromatic N) is 1. The lowest BCUT2D eigenvalue weighted by molar-refractivity contribution is -0.107. The van der Waals surface area contributed by atoms with E-state index in [1.165, 1.54) is 11.8 Å². The number of benzene rings is 1. The first-order valence-corrected chi connectivity index (χ1v) is 8.03. The van der Waals surface area contributed by atoms with Crippen molar-refractivity contribution in [2.24, 2.45) is 4.99 Å². The number of carbonyl (C=O) groups is 1. The van der Waals surface area contributed by atoms with Gasteiger partial charge in [0.2, 0.25) is 5.12 Å². The summed E-state index contributed by atoms with van der Waals surface area (Å²) in [4.78, 5) is 16.2. The fraction of sp³-hybridized carbons (Fsp3) is 0.286. The minimum Gasteiger partial charge on any atom is -0.496 e. The second-order valence-electron chi connectivity index (χ2n) is 3.95. The zero-order valence-electron chi connectivity index (χ0n) is 12.1. The maximum absolute atomic E-state index is 11.9. The normalized spacial score (nSPS) is 16.1. The number of aliphatic imine (C=N–C) groups is 1. The summed E-state index contributed by atoms with van der Waals surface area (Å²) in [6, 6.07) is 3.47. The molecule has 0 saturated heterocycles. The molecule has 0 aliphatic carbocycles. The smallest absolute Gasteiger partial charge is 0.244 e. The van der Waals surface area contributed by atoms with Gasteiger partial charge in [0.25, 0.3) is 0 Å². The summed E-state index contributed by atoms with van der Waals surface area (Å²) in [6.45, 7) is 0. The van der Waals surface area contributed by atoms with Crippen LogP contribution in [0.15, 0.2) is 22.8 Å². The highest BCUT2D eigenvalue weighted by atomic mass is 32.2. The van der Waals surface area contributed by atoms with E-state index in [0.717, 1.165) is 16.1 Å². The average Bonchev–Trinajstić information content (AvgIpc) is 2.87. The molecule has 2 rings (SSSR count). The number of hydrogen-bond acceptors (Lipinski definition) is 7. The third-order valence-corrected chi connectivity index (χ3v) is 4.66. The highest BCUT2D eigenvalue weighted by Crippen LogP contribution is 2.38. The summed E-state index contributed by atoms with van der Waals surface area (Å²) in [5.74, 6) is 1.74. The van der Waals surface area contributed by atoms with Crippen molar-refractivity contribution in [2.45, 2.75) is 0 Å². The van der Waals surface area contributed by atoms with Gasteiger partial charge in [-0.05, 0) is 24.1 Å². The van der Waals surface area contributed by atoms with E-state index in [9.17, 15) is 4.79 Å². The number of thioether (sulfide) groups is 2. The van der Waals surface area contributed by atoms with Crippen LogP contribution in [0.4, 0.5) is 0 Å². The van der Waals surface area contributed by atoms with E-state index in [1.54, 1.807) is 39.5 Å². The molecule has 0 unspecified atom stereocenters. The first-order chi connectivity index (χ1) is 10.1. The predicted octanol–water partition coefficient (Wildman–Crippen LogP) is 3.05. The Morgan fingerprint density at radius 3 is 2.19 bits per heavy atom. The number of hydrogen-bond donors (Lipinski definition) is 0. The van der Waals surface area contributed by atoms with Crippen LogP contribution in [0, 0.1) is 0 Å². The molecule has 1 aliphatic rings. The molecule has 5 nitrogen and oxygen atoms in total. The summed E-state index contributed by atoms with van der Waals surface area (Å²) in [5.41, 5.74) is 1.04. The van der Waals surface area contributed by atoms with Gasteiger partial charge in [0, 0.05) is 12.1 Å². The van der Waals surface area contributed by atoms with Crippen LogP contribution in [-0.4, -0.2) is 37.1 Å². The van der Waals surface area contributed by atoms with Crippen molar-refractivity contribution < 1.29 is 19.0 Å². The fourth-order valence-electron chi connectivity index (χ4n) is 1.79. The van der Waals surface area contributed by atoms with Crippen LogP contribution >= 0.6 is 23.5 Å². The van der Waals surface area contributed by atoms with Crippen molar-refractivity contribution in [3.05, 3.63) is 23.4 Å². The second-order valence-corrected chi connectivity index (χ2v) is 5.96.